The minimum Gasteiger partial charge on any atom is -0.330 e. The molecule has 0 atom stereocenters. The summed E-state index contributed by atoms with van der Waals surface area (Å²) in [5.41, 5.74) is 0. The van der Waals surface area contributed by atoms with Crippen LogP contribution in [0.15, 0.2) is 0 Å². The fourth-order valence-corrected chi connectivity index (χ4v) is 1.07. The second-order valence-electron chi connectivity index (χ2n) is 2.64. The van der Waals surface area contributed by atoms with Gasteiger partial charge in [0.25, 0.3) is 0 Å². The molecule has 0 spiro atoms. The first kappa shape index (κ1) is 11.0. The summed E-state index contributed by atoms with van der Waals surface area (Å²) in [7, 11) is 2.17. The van der Waals surface area contributed by atoms with E-state index < -0.39 is 0 Å². The van der Waals surface area contributed by atoms with Crippen molar-refractivity contribution in [2.45, 2.75) is 0 Å². The molecule has 1 saturated heterocycles. The van der Waals surface area contributed by atoms with Gasteiger partial charge in [0, 0.05) is 57.3 Å². The van der Waals surface area contributed by atoms with Crippen LogP contribution in [0, 0.1) is 38.0 Å². The van der Waals surface area contributed by atoms with Crippen LogP contribution in [-0.4, -0.2) is 49.6 Å². The summed E-state index contributed by atoms with van der Waals surface area (Å²) in [4.78, 5) is 4.73. The topological polar surface area (TPSA) is 6.48 Å². The van der Waals surface area contributed by atoms with E-state index in [1.807, 2.05) is 0 Å². The summed E-state index contributed by atoms with van der Waals surface area (Å²) >= 11 is 0. The Hall–Kier alpha value is 0.972. The first-order valence-electron chi connectivity index (χ1n) is 3.53. The number of hydrogen-bond donors (Lipinski definition) is 0. The van der Waals surface area contributed by atoms with Crippen LogP contribution >= 0.6 is 0 Å². The summed E-state index contributed by atoms with van der Waals surface area (Å²) in [5, 5.41) is 0. The molecule has 0 radical (unpaired) electrons. The molecule has 58 valence electrons. The van der Waals surface area contributed by atoms with Gasteiger partial charge in [0.05, 0.1) is 0 Å². The molecule has 0 aromatic heterocycles. The number of hydrogen-bond acceptors (Lipinski definition) is 2. The Balaban J connectivity index is 0.000000810. The van der Waals surface area contributed by atoms with Crippen LogP contribution in [0.4, 0.5) is 0 Å². The van der Waals surface area contributed by atoms with Crippen molar-refractivity contribution in [1.82, 2.24) is 9.80 Å². The predicted molar refractivity (Wildman–Crippen MR) is 39.3 cm³/mol. The predicted octanol–water partition coefficient (Wildman–Crippen LogP) is 0.0679. The average molecular weight is 365 g/mol. The van der Waals surface area contributed by atoms with E-state index in [0.29, 0.717) is 0 Å². The SMILES string of the molecule is [CH2-]CN1CCN(C)CC1.[U]. The Labute approximate surface area is 87.3 Å². The molecular formula is C7H15N2U-. The van der Waals surface area contributed by atoms with E-state index >= 15 is 0 Å². The van der Waals surface area contributed by atoms with Crippen molar-refractivity contribution in [3.8, 4) is 0 Å². The van der Waals surface area contributed by atoms with Crippen LogP contribution in [0.5, 0.6) is 0 Å². The standard InChI is InChI=1S/C7H15N2.U/c1-3-9-6-4-8(2)5-7-9;/h1,3-7H2,2H3;/q-1;. The molecule has 1 heterocycles. The molecule has 2 nitrogen and oxygen atoms in total. The Bertz CT molecular complexity index is 79.7. The monoisotopic (exact) mass is 365 g/mol. The van der Waals surface area contributed by atoms with E-state index in [0.717, 1.165) is 6.54 Å². The Kier molecular flexibility index (Phi) is 6.14. The number of likely N-dealkylation sites (N-methyl/N-ethyl adjacent to an activating group) is 1. The average Bonchev–Trinajstić information content (AvgIpc) is 1.90. The summed E-state index contributed by atoms with van der Waals surface area (Å²) < 4.78 is 0. The van der Waals surface area contributed by atoms with Crippen LogP contribution in [-0.2, 0) is 0 Å². The van der Waals surface area contributed by atoms with Crippen molar-refractivity contribution in [1.29, 1.82) is 0 Å². The summed E-state index contributed by atoms with van der Waals surface area (Å²) in [6.07, 6.45) is 0. The molecule has 0 aromatic rings. The van der Waals surface area contributed by atoms with Gasteiger partial charge in [-0.25, -0.2) is 0 Å². The Morgan fingerprint density at radius 3 is 2.10 bits per heavy atom. The molecule has 1 fully saturated rings. The fraction of sp³-hybridized carbons (Fsp3) is 0.857. The molecule has 1 aliphatic heterocycles. The third-order valence-corrected chi connectivity index (χ3v) is 1.91. The summed E-state index contributed by atoms with van der Waals surface area (Å²) in [5.74, 6) is 0. The van der Waals surface area contributed by atoms with Gasteiger partial charge in [0.1, 0.15) is 0 Å². The van der Waals surface area contributed by atoms with Crippen LogP contribution in [0.3, 0.4) is 0 Å². The van der Waals surface area contributed by atoms with Crippen LogP contribution < -0.4 is 0 Å². The Morgan fingerprint density at radius 2 is 1.70 bits per heavy atom. The molecule has 0 unspecified atom stereocenters. The zero-order valence-electron chi connectivity index (χ0n) is 6.64. The van der Waals surface area contributed by atoms with Gasteiger partial charge in [-0.3, -0.25) is 0 Å². The van der Waals surface area contributed by atoms with Gasteiger partial charge in [-0.2, -0.15) is 0 Å². The van der Waals surface area contributed by atoms with Gasteiger partial charge in [0.2, 0.25) is 0 Å². The minimum atomic E-state index is 0. The minimum absolute atomic E-state index is 0. The molecule has 1 aliphatic rings. The van der Waals surface area contributed by atoms with Crippen LogP contribution in [0.25, 0.3) is 0 Å². The van der Waals surface area contributed by atoms with Gasteiger partial charge in [0.15, 0.2) is 0 Å². The van der Waals surface area contributed by atoms with Crippen LogP contribution in [0.2, 0.25) is 0 Å². The van der Waals surface area contributed by atoms with Crippen molar-refractivity contribution in [3.63, 3.8) is 0 Å². The maximum atomic E-state index is 3.84. The van der Waals surface area contributed by atoms with Gasteiger partial charge in [-0.05, 0) is 7.05 Å². The van der Waals surface area contributed by atoms with Gasteiger partial charge in [-0.15, -0.1) is 6.54 Å². The normalized spacial score (nSPS) is 22.2. The second-order valence-corrected chi connectivity index (χ2v) is 2.64. The third kappa shape index (κ3) is 3.39. The molecule has 0 amide bonds. The molecule has 0 saturated carbocycles. The maximum absolute atomic E-state index is 3.84. The van der Waals surface area contributed by atoms with Crippen molar-refractivity contribution in [3.05, 3.63) is 6.92 Å². The largest absolute Gasteiger partial charge is 0.330 e. The maximum Gasteiger partial charge on any atom is 0.0106 e. The molecule has 0 bridgehead atoms. The van der Waals surface area contributed by atoms with Crippen LogP contribution in [0.1, 0.15) is 0 Å². The quantitative estimate of drug-likeness (QED) is 0.607. The number of rotatable bonds is 1. The van der Waals surface area contributed by atoms with E-state index in [2.05, 4.69) is 23.8 Å². The van der Waals surface area contributed by atoms with E-state index in [1.165, 1.54) is 26.2 Å². The van der Waals surface area contributed by atoms with Gasteiger partial charge < -0.3 is 16.7 Å². The van der Waals surface area contributed by atoms with Gasteiger partial charge in [-0.1, -0.05) is 0 Å². The molecule has 0 N–H and O–H groups in total. The summed E-state index contributed by atoms with van der Waals surface area (Å²) in [6, 6.07) is 0. The smallest absolute Gasteiger partial charge is 0.0106 e. The second kappa shape index (κ2) is 5.60. The van der Waals surface area contributed by atoms with E-state index in [-0.39, 0.29) is 31.1 Å². The van der Waals surface area contributed by atoms with E-state index in [9.17, 15) is 0 Å². The number of piperazine rings is 1. The molecule has 10 heavy (non-hydrogen) atoms. The Morgan fingerprint density at radius 1 is 1.20 bits per heavy atom. The van der Waals surface area contributed by atoms with E-state index in [1.54, 1.807) is 0 Å². The molecular weight excluding hydrogens is 350 g/mol. The number of nitrogens with zero attached hydrogens (tertiary/aromatic N) is 2. The fourth-order valence-electron chi connectivity index (χ4n) is 1.07. The zero-order valence-corrected chi connectivity index (χ0v) is 10.8. The van der Waals surface area contributed by atoms with Crippen molar-refractivity contribution >= 4 is 0 Å². The molecule has 1 rings (SSSR count). The first-order chi connectivity index (χ1) is 4.33. The first-order valence-corrected chi connectivity index (χ1v) is 3.53. The van der Waals surface area contributed by atoms with Crippen molar-refractivity contribution in [2.75, 3.05) is 39.8 Å². The van der Waals surface area contributed by atoms with Crippen molar-refractivity contribution in [2.24, 2.45) is 0 Å². The molecule has 0 aliphatic carbocycles. The van der Waals surface area contributed by atoms with Crippen molar-refractivity contribution < 1.29 is 31.1 Å². The molecule has 3 heteroatoms. The van der Waals surface area contributed by atoms with E-state index in [4.69, 9.17) is 0 Å². The van der Waals surface area contributed by atoms with Gasteiger partial charge >= 0.3 is 0 Å². The molecule has 0 aromatic carbocycles. The summed E-state index contributed by atoms with van der Waals surface area (Å²) in [6.45, 7) is 9.60. The third-order valence-electron chi connectivity index (χ3n) is 1.91. The zero-order chi connectivity index (χ0) is 6.69.